The number of carbonyl (C=O) groups excluding carboxylic acids is 1. The summed E-state index contributed by atoms with van der Waals surface area (Å²) in [6.45, 7) is 6.99. The third kappa shape index (κ3) is 9.19. The van der Waals surface area contributed by atoms with E-state index in [-0.39, 0.29) is 11.9 Å². The summed E-state index contributed by atoms with van der Waals surface area (Å²) in [5.41, 5.74) is 0.643. The molecule has 0 unspecified atom stereocenters. The van der Waals surface area contributed by atoms with Crippen molar-refractivity contribution < 1.29 is 14.3 Å². The number of benzene rings is 1. The van der Waals surface area contributed by atoms with Crippen molar-refractivity contribution in [3.63, 3.8) is 0 Å². The van der Waals surface area contributed by atoms with Gasteiger partial charge in [0.1, 0.15) is 0 Å². The molecule has 1 heterocycles. The van der Waals surface area contributed by atoms with Gasteiger partial charge in [-0.1, -0.05) is 18.2 Å². The molecule has 1 fully saturated rings. The molecule has 180 valence electrons. The van der Waals surface area contributed by atoms with Crippen LogP contribution >= 0.6 is 0 Å². The SMILES string of the molecule is CC(C)Nc1nc(NCCOCCOCCNC(=O)c2ccccc2)nc(NC2CCC2)n1. The Morgan fingerprint density at radius 3 is 2.27 bits per heavy atom. The van der Waals surface area contributed by atoms with Crippen LogP contribution in [0.1, 0.15) is 43.5 Å². The summed E-state index contributed by atoms with van der Waals surface area (Å²) in [4.78, 5) is 25.3. The van der Waals surface area contributed by atoms with Crippen molar-refractivity contribution in [2.45, 2.75) is 45.2 Å². The van der Waals surface area contributed by atoms with Gasteiger partial charge in [0.05, 0.1) is 26.4 Å². The number of nitrogens with zero attached hydrogens (tertiary/aromatic N) is 3. The van der Waals surface area contributed by atoms with Gasteiger partial charge in [-0.25, -0.2) is 0 Å². The van der Waals surface area contributed by atoms with Crippen molar-refractivity contribution in [2.75, 3.05) is 55.5 Å². The molecule has 0 atom stereocenters. The highest BCUT2D eigenvalue weighted by molar-refractivity contribution is 5.94. The fourth-order valence-electron chi connectivity index (χ4n) is 3.06. The molecule has 1 aromatic heterocycles. The van der Waals surface area contributed by atoms with Crippen LogP contribution in [0.15, 0.2) is 30.3 Å². The monoisotopic (exact) mass is 457 g/mol. The van der Waals surface area contributed by atoms with Gasteiger partial charge in [-0.05, 0) is 45.2 Å². The molecule has 1 saturated carbocycles. The Hall–Kier alpha value is -2.98. The normalized spacial score (nSPS) is 13.4. The first-order valence-corrected chi connectivity index (χ1v) is 11.6. The van der Waals surface area contributed by atoms with Crippen molar-refractivity contribution >= 4 is 23.8 Å². The maximum absolute atomic E-state index is 11.9. The molecule has 0 saturated heterocycles. The molecular formula is C23H35N7O3. The van der Waals surface area contributed by atoms with E-state index in [1.807, 2.05) is 32.0 Å². The molecule has 10 heteroatoms. The van der Waals surface area contributed by atoms with Crippen LogP contribution < -0.4 is 21.3 Å². The van der Waals surface area contributed by atoms with Gasteiger partial charge in [-0.15, -0.1) is 0 Å². The van der Waals surface area contributed by atoms with Gasteiger partial charge in [0.25, 0.3) is 5.91 Å². The van der Waals surface area contributed by atoms with Crippen LogP contribution in [0.25, 0.3) is 0 Å². The first kappa shape index (κ1) is 24.7. The lowest BCUT2D eigenvalue weighted by atomic mass is 9.93. The summed E-state index contributed by atoms with van der Waals surface area (Å²) < 4.78 is 11.1. The Bertz CT molecular complexity index is 847. The molecule has 1 aromatic carbocycles. The molecule has 3 rings (SSSR count). The van der Waals surface area contributed by atoms with E-state index in [2.05, 4.69) is 36.2 Å². The zero-order valence-corrected chi connectivity index (χ0v) is 19.5. The van der Waals surface area contributed by atoms with Gasteiger partial charge in [-0.2, -0.15) is 15.0 Å². The summed E-state index contributed by atoms with van der Waals surface area (Å²) >= 11 is 0. The summed E-state index contributed by atoms with van der Waals surface area (Å²) in [5, 5.41) is 12.6. The second-order valence-electron chi connectivity index (χ2n) is 8.15. The molecule has 1 aliphatic rings. The van der Waals surface area contributed by atoms with Crippen molar-refractivity contribution in [1.82, 2.24) is 20.3 Å². The van der Waals surface area contributed by atoms with E-state index >= 15 is 0 Å². The van der Waals surface area contributed by atoms with E-state index in [9.17, 15) is 4.79 Å². The third-order valence-corrected chi connectivity index (χ3v) is 4.96. The predicted octanol–water partition coefficient (Wildman–Crippen LogP) is 2.53. The van der Waals surface area contributed by atoms with Crippen LogP contribution in [0.5, 0.6) is 0 Å². The molecule has 1 amide bonds. The number of rotatable bonds is 15. The van der Waals surface area contributed by atoms with E-state index in [4.69, 9.17) is 9.47 Å². The molecular weight excluding hydrogens is 422 g/mol. The number of nitrogens with one attached hydrogen (secondary N) is 4. The lowest BCUT2D eigenvalue weighted by Gasteiger charge is -2.26. The first-order chi connectivity index (χ1) is 16.1. The fourth-order valence-corrected chi connectivity index (χ4v) is 3.06. The van der Waals surface area contributed by atoms with Crippen LogP contribution in [0.2, 0.25) is 0 Å². The van der Waals surface area contributed by atoms with E-state index in [1.165, 1.54) is 6.42 Å². The number of ether oxygens (including phenoxy) is 2. The minimum atomic E-state index is -0.0994. The highest BCUT2D eigenvalue weighted by atomic mass is 16.5. The molecule has 0 aliphatic heterocycles. The topological polar surface area (TPSA) is 122 Å². The van der Waals surface area contributed by atoms with Gasteiger partial charge >= 0.3 is 0 Å². The van der Waals surface area contributed by atoms with Crippen molar-refractivity contribution in [3.05, 3.63) is 35.9 Å². The third-order valence-electron chi connectivity index (χ3n) is 4.96. The summed E-state index contributed by atoms with van der Waals surface area (Å²) in [6.07, 6.45) is 3.54. The molecule has 0 spiro atoms. The van der Waals surface area contributed by atoms with Gasteiger partial charge < -0.3 is 30.7 Å². The average Bonchev–Trinajstić information content (AvgIpc) is 2.77. The quantitative estimate of drug-likeness (QED) is 0.299. The van der Waals surface area contributed by atoms with Crippen molar-refractivity contribution in [2.24, 2.45) is 0 Å². The molecule has 1 aliphatic carbocycles. The van der Waals surface area contributed by atoms with Gasteiger partial charge in [0, 0.05) is 30.7 Å². The zero-order valence-electron chi connectivity index (χ0n) is 19.5. The second-order valence-corrected chi connectivity index (χ2v) is 8.15. The Morgan fingerprint density at radius 2 is 1.61 bits per heavy atom. The summed E-state index contributed by atoms with van der Waals surface area (Å²) in [6, 6.07) is 9.79. The van der Waals surface area contributed by atoms with Gasteiger partial charge in [-0.3, -0.25) is 4.79 Å². The second kappa shape index (κ2) is 13.5. The molecule has 0 bridgehead atoms. The molecule has 10 nitrogen and oxygen atoms in total. The lowest BCUT2D eigenvalue weighted by molar-refractivity contribution is 0.0519. The van der Waals surface area contributed by atoms with E-state index < -0.39 is 0 Å². The van der Waals surface area contributed by atoms with E-state index in [0.29, 0.717) is 69.0 Å². The van der Waals surface area contributed by atoms with Crippen LogP contribution in [0.4, 0.5) is 17.8 Å². The molecule has 33 heavy (non-hydrogen) atoms. The lowest BCUT2D eigenvalue weighted by Crippen LogP contribution is -2.28. The molecule has 0 radical (unpaired) electrons. The molecule has 2 aromatic rings. The fraction of sp³-hybridized carbons (Fsp3) is 0.565. The number of amides is 1. The minimum Gasteiger partial charge on any atom is -0.377 e. The minimum absolute atomic E-state index is 0.0994. The Balaban J connectivity index is 1.26. The number of anilines is 3. The van der Waals surface area contributed by atoms with Crippen molar-refractivity contribution in [1.29, 1.82) is 0 Å². The van der Waals surface area contributed by atoms with Gasteiger partial charge in [0.15, 0.2) is 0 Å². The van der Waals surface area contributed by atoms with Crippen LogP contribution in [0.3, 0.4) is 0 Å². The highest BCUT2D eigenvalue weighted by Gasteiger charge is 2.19. The Labute approximate surface area is 195 Å². The average molecular weight is 458 g/mol. The standard InChI is InChI=1S/C23H35N7O3/c1-17(2)26-22-28-21(29-23(30-22)27-19-9-6-10-19)25-12-14-33-16-15-32-13-11-24-20(31)18-7-4-3-5-8-18/h3-5,7-8,17,19H,6,9-16H2,1-2H3,(H,24,31)(H3,25,26,27,28,29,30). The van der Waals surface area contributed by atoms with Crippen LogP contribution in [-0.2, 0) is 9.47 Å². The Kier molecular flexibility index (Phi) is 10.1. The molecule has 4 N–H and O–H groups in total. The van der Waals surface area contributed by atoms with Crippen LogP contribution in [-0.4, -0.2) is 72.5 Å². The predicted molar refractivity (Wildman–Crippen MR) is 129 cm³/mol. The van der Waals surface area contributed by atoms with Gasteiger partial charge in [0.2, 0.25) is 17.8 Å². The number of hydrogen-bond acceptors (Lipinski definition) is 9. The van der Waals surface area contributed by atoms with Crippen LogP contribution in [0, 0.1) is 0 Å². The zero-order chi connectivity index (χ0) is 23.3. The summed E-state index contributed by atoms with van der Waals surface area (Å²) in [5.74, 6) is 1.56. The number of aromatic nitrogens is 3. The first-order valence-electron chi connectivity index (χ1n) is 11.6. The summed E-state index contributed by atoms with van der Waals surface area (Å²) in [7, 11) is 0. The Morgan fingerprint density at radius 1 is 0.939 bits per heavy atom. The number of hydrogen-bond donors (Lipinski definition) is 4. The van der Waals surface area contributed by atoms with E-state index in [0.717, 1.165) is 12.8 Å². The maximum atomic E-state index is 11.9. The van der Waals surface area contributed by atoms with Crippen molar-refractivity contribution in [3.8, 4) is 0 Å². The maximum Gasteiger partial charge on any atom is 0.251 e. The smallest absolute Gasteiger partial charge is 0.251 e. The van der Waals surface area contributed by atoms with E-state index in [1.54, 1.807) is 12.1 Å². The highest BCUT2D eigenvalue weighted by Crippen LogP contribution is 2.22. The number of carbonyl (C=O) groups is 1. The largest absolute Gasteiger partial charge is 0.377 e.